The average Bonchev–Trinajstić information content (AvgIpc) is 2.68. The smallest absolute Gasteiger partial charge is 0.410 e. The largest absolute Gasteiger partial charge is 0.412 e. The number of nitrogens with zero attached hydrogens (tertiary/aromatic N) is 1. The van der Waals surface area contributed by atoms with Crippen molar-refractivity contribution in [3.8, 4) is 11.8 Å². The number of nitrogens with one attached hydrogen (secondary N) is 1. The quantitative estimate of drug-likeness (QED) is 0.758. The van der Waals surface area contributed by atoms with E-state index >= 15 is 0 Å². The molecule has 0 aliphatic heterocycles. The van der Waals surface area contributed by atoms with E-state index in [1.807, 2.05) is 6.07 Å². The Kier molecular flexibility index (Phi) is 7.12. The fraction of sp³-hybridized carbons (Fsp3) is 0.300. The van der Waals surface area contributed by atoms with Gasteiger partial charge in [-0.3, -0.25) is 0 Å². The molecule has 2 rings (SSSR count). The van der Waals surface area contributed by atoms with Crippen molar-refractivity contribution in [3.63, 3.8) is 0 Å². The molecule has 1 N–H and O–H groups in total. The van der Waals surface area contributed by atoms with Gasteiger partial charge in [0.15, 0.2) is 9.84 Å². The first-order valence-electron chi connectivity index (χ1n) is 8.70. The first-order chi connectivity index (χ1) is 13.2. The van der Waals surface area contributed by atoms with Gasteiger partial charge in [0.1, 0.15) is 11.6 Å². The van der Waals surface area contributed by atoms with E-state index in [1.165, 1.54) is 12.1 Å². The van der Waals surface area contributed by atoms with Gasteiger partial charge < -0.3 is 10.1 Å². The molecule has 0 saturated heterocycles. The van der Waals surface area contributed by atoms with Crippen molar-refractivity contribution >= 4 is 15.9 Å². The molecular formula is C20H21FN2O4S. The summed E-state index contributed by atoms with van der Waals surface area (Å²) >= 11 is 0. The van der Waals surface area contributed by atoms with Gasteiger partial charge in [0, 0.05) is 6.04 Å². The number of sulfone groups is 1. The van der Waals surface area contributed by atoms with Crippen LogP contribution in [-0.2, 0) is 9.84 Å². The SMILES string of the molecule is CC[C@@H](CS(=O)(=O)[C@H](C)c1ccc(C#N)cc1)NC(=O)Oc1ccc(F)cc1. The van der Waals surface area contributed by atoms with E-state index in [1.54, 1.807) is 38.1 Å². The van der Waals surface area contributed by atoms with Crippen LogP contribution in [0.3, 0.4) is 0 Å². The average molecular weight is 404 g/mol. The van der Waals surface area contributed by atoms with Crippen molar-refractivity contribution in [1.29, 1.82) is 5.26 Å². The lowest BCUT2D eigenvalue weighted by Crippen LogP contribution is -2.41. The topological polar surface area (TPSA) is 96.3 Å². The highest BCUT2D eigenvalue weighted by Gasteiger charge is 2.27. The van der Waals surface area contributed by atoms with Gasteiger partial charge in [-0.2, -0.15) is 5.26 Å². The third-order valence-corrected chi connectivity index (χ3v) is 6.54. The van der Waals surface area contributed by atoms with Crippen molar-refractivity contribution < 1.29 is 22.3 Å². The maximum absolute atomic E-state index is 12.9. The van der Waals surface area contributed by atoms with Gasteiger partial charge in [-0.15, -0.1) is 0 Å². The predicted molar refractivity (Wildman–Crippen MR) is 103 cm³/mol. The highest BCUT2D eigenvalue weighted by atomic mass is 32.2. The lowest BCUT2D eigenvalue weighted by atomic mass is 10.1. The summed E-state index contributed by atoms with van der Waals surface area (Å²) in [6.45, 7) is 3.32. The minimum atomic E-state index is -3.57. The van der Waals surface area contributed by atoms with Crippen LogP contribution in [0.4, 0.5) is 9.18 Å². The Labute approximate surface area is 163 Å². The Morgan fingerprint density at radius 3 is 2.32 bits per heavy atom. The summed E-state index contributed by atoms with van der Waals surface area (Å²) in [6.07, 6.45) is -0.419. The van der Waals surface area contributed by atoms with Crippen LogP contribution in [0, 0.1) is 17.1 Å². The number of carbonyl (C=O) groups excluding carboxylic acids is 1. The van der Waals surface area contributed by atoms with Crippen LogP contribution in [0.25, 0.3) is 0 Å². The van der Waals surface area contributed by atoms with Crippen LogP contribution >= 0.6 is 0 Å². The summed E-state index contributed by atoms with van der Waals surface area (Å²) in [5.41, 5.74) is 1.02. The normalized spacial score (nSPS) is 13.2. The van der Waals surface area contributed by atoms with Gasteiger partial charge in [-0.1, -0.05) is 19.1 Å². The number of rotatable bonds is 7. The number of nitriles is 1. The first kappa shape index (κ1) is 21.4. The van der Waals surface area contributed by atoms with Gasteiger partial charge in [0.25, 0.3) is 0 Å². The minimum absolute atomic E-state index is 0.155. The Morgan fingerprint density at radius 2 is 1.79 bits per heavy atom. The highest BCUT2D eigenvalue weighted by molar-refractivity contribution is 7.91. The van der Waals surface area contributed by atoms with E-state index in [-0.39, 0.29) is 11.5 Å². The molecular weight excluding hydrogens is 383 g/mol. The lowest BCUT2D eigenvalue weighted by Gasteiger charge is -2.20. The second-order valence-electron chi connectivity index (χ2n) is 6.30. The van der Waals surface area contributed by atoms with Crippen LogP contribution < -0.4 is 10.1 Å². The Morgan fingerprint density at radius 1 is 1.18 bits per heavy atom. The third kappa shape index (κ3) is 5.79. The van der Waals surface area contributed by atoms with E-state index in [2.05, 4.69) is 5.32 Å². The molecule has 0 aliphatic carbocycles. The number of hydrogen-bond acceptors (Lipinski definition) is 5. The van der Waals surface area contributed by atoms with E-state index in [0.717, 1.165) is 12.1 Å². The summed E-state index contributed by atoms with van der Waals surface area (Å²) in [7, 11) is -3.57. The molecule has 148 valence electrons. The lowest BCUT2D eigenvalue weighted by molar-refractivity contribution is 0.196. The molecule has 0 fully saturated rings. The van der Waals surface area contributed by atoms with Gasteiger partial charge in [0.05, 0.1) is 22.6 Å². The Balaban J connectivity index is 2.01. The maximum atomic E-state index is 12.9. The summed E-state index contributed by atoms with van der Waals surface area (Å²) in [6, 6.07) is 12.6. The van der Waals surface area contributed by atoms with Gasteiger partial charge in [0.2, 0.25) is 0 Å². The number of carbonyl (C=O) groups is 1. The van der Waals surface area contributed by atoms with Gasteiger partial charge >= 0.3 is 6.09 Å². The molecule has 0 radical (unpaired) electrons. The molecule has 1 amide bonds. The van der Waals surface area contributed by atoms with E-state index < -0.39 is 33.0 Å². The standard InChI is InChI=1S/C20H21FN2O4S/c1-3-18(23-20(24)27-19-10-8-17(21)9-11-19)13-28(25,26)14(2)16-6-4-15(12-22)5-7-16/h4-11,14,18H,3,13H2,1-2H3,(H,23,24)/t14-,18+/m1/s1. The molecule has 8 heteroatoms. The molecule has 0 aromatic heterocycles. The highest BCUT2D eigenvalue weighted by Crippen LogP contribution is 2.24. The fourth-order valence-electron chi connectivity index (χ4n) is 2.53. The number of halogens is 1. The fourth-order valence-corrected chi connectivity index (χ4v) is 4.27. The Bertz CT molecular complexity index is 951. The van der Waals surface area contributed by atoms with E-state index in [9.17, 15) is 17.6 Å². The van der Waals surface area contributed by atoms with Crippen LogP contribution in [0.2, 0.25) is 0 Å². The summed E-state index contributed by atoms with van der Waals surface area (Å²) in [5, 5.41) is 10.6. The molecule has 0 bridgehead atoms. The van der Waals surface area contributed by atoms with Crippen LogP contribution in [0.1, 0.15) is 36.6 Å². The van der Waals surface area contributed by atoms with Crippen LogP contribution in [0.5, 0.6) is 5.75 Å². The molecule has 6 nitrogen and oxygen atoms in total. The van der Waals surface area contributed by atoms with Crippen molar-refractivity contribution in [3.05, 3.63) is 65.5 Å². The second-order valence-corrected chi connectivity index (χ2v) is 8.66. The van der Waals surface area contributed by atoms with Crippen molar-refractivity contribution in [2.45, 2.75) is 31.6 Å². The Hall–Kier alpha value is -2.92. The summed E-state index contributed by atoms with van der Waals surface area (Å²) in [4.78, 5) is 12.0. The van der Waals surface area contributed by atoms with Crippen molar-refractivity contribution in [2.24, 2.45) is 0 Å². The molecule has 0 saturated carbocycles. The van der Waals surface area contributed by atoms with Crippen molar-refractivity contribution in [2.75, 3.05) is 5.75 Å². The van der Waals surface area contributed by atoms with Gasteiger partial charge in [-0.05, 0) is 55.3 Å². The van der Waals surface area contributed by atoms with Gasteiger partial charge in [-0.25, -0.2) is 17.6 Å². The van der Waals surface area contributed by atoms with Crippen molar-refractivity contribution in [1.82, 2.24) is 5.32 Å². The molecule has 2 atom stereocenters. The number of ether oxygens (including phenoxy) is 1. The monoisotopic (exact) mass is 404 g/mol. The predicted octanol–water partition coefficient (Wildman–Crippen LogP) is 3.74. The third-order valence-electron chi connectivity index (χ3n) is 4.32. The number of amides is 1. The maximum Gasteiger partial charge on any atom is 0.412 e. The molecule has 28 heavy (non-hydrogen) atoms. The summed E-state index contributed by atoms with van der Waals surface area (Å²) < 4.78 is 43.4. The summed E-state index contributed by atoms with van der Waals surface area (Å²) in [5.74, 6) is -0.562. The molecule has 0 unspecified atom stereocenters. The zero-order valence-corrected chi connectivity index (χ0v) is 16.4. The molecule has 0 heterocycles. The first-order valence-corrected chi connectivity index (χ1v) is 10.4. The molecule has 0 spiro atoms. The number of benzene rings is 2. The molecule has 2 aromatic carbocycles. The van der Waals surface area contributed by atoms with Crippen LogP contribution in [-0.4, -0.2) is 26.3 Å². The second kappa shape index (κ2) is 9.33. The zero-order valence-electron chi connectivity index (χ0n) is 15.6. The molecule has 2 aromatic rings. The number of hydrogen-bond donors (Lipinski definition) is 1. The molecule has 0 aliphatic rings. The van der Waals surface area contributed by atoms with Crippen LogP contribution in [0.15, 0.2) is 48.5 Å². The minimum Gasteiger partial charge on any atom is -0.410 e. The van der Waals surface area contributed by atoms with E-state index in [0.29, 0.717) is 17.5 Å². The zero-order chi connectivity index (χ0) is 20.7. The van der Waals surface area contributed by atoms with E-state index in [4.69, 9.17) is 10.00 Å².